The van der Waals surface area contributed by atoms with Crippen LogP contribution in [0.4, 0.5) is 5.69 Å². The Kier molecular flexibility index (Phi) is 7.66. The number of nitrogens with zero attached hydrogens (tertiary/aromatic N) is 2. The van der Waals surface area contributed by atoms with Gasteiger partial charge in [-0.2, -0.15) is 17.0 Å². The Labute approximate surface area is 191 Å². The first-order valence-electron chi connectivity index (χ1n) is 9.45. The van der Waals surface area contributed by atoms with Crippen LogP contribution in [-0.4, -0.2) is 56.8 Å². The number of benzene rings is 2. The monoisotopic (exact) mass is 487 g/mol. The van der Waals surface area contributed by atoms with Crippen LogP contribution in [0.3, 0.4) is 0 Å². The summed E-state index contributed by atoms with van der Waals surface area (Å²) in [5, 5.41) is 3.54. The van der Waals surface area contributed by atoms with Gasteiger partial charge in [-0.25, -0.2) is 0 Å². The Bertz CT molecular complexity index is 1050. The third-order valence-electron chi connectivity index (χ3n) is 4.81. The van der Waals surface area contributed by atoms with Gasteiger partial charge >= 0.3 is 0 Å². The van der Waals surface area contributed by atoms with Gasteiger partial charge in [0.2, 0.25) is 5.91 Å². The van der Waals surface area contributed by atoms with Crippen molar-refractivity contribution < 1.29 is 22.7 Å². The molecule has 0 aliphatic carbocycles. The van der Waals surface area contributed by atoms with Crippen LogP contribution in [-0.2, 0) is 21.5 Å². The van der Waals surface area contributed by atoms with Crippen molar-refractivity contribution in [1.29, 1.82) is 0 Å². The van der Waals surface area contributed by atoms with Crippen LogP contribution in [0.1, 0.15) is 12.0 Å². The predicted molar refractivity (Wildman–Crippen MR) is 120 cm³/mol. The van der Waals surface area contributed by atoms with Crippen molar-refractivity contribution in [2.24, 2.45) is 0 Å². The Morgan fingerprint density at radius 2 is 1.68 bits per heavy atom. The predicted octanol–water partition coefficient (Wildman–Crippen LogP) is 3.40. The molecule has 1 fully saturated rings. The second kappa shape index (κ2) is 10.1. The maximum atomic E-state index is 13.0. The molecule has 0 atom stereocenters. The molecule has 0 unspecified atom stereocenters. The fourth-order valence-corrected chi connectivity index (χ4v) is 5.25. The highest BCUT2D eigenvalue weighted by Crippen LogP contribution is 2.36. The summed E-state index contributed by atoms with van der Waals surface area (Å²) >= 11 is 12.0. The molecule has 0 saturated carbocycles. The van der Waals surface area contributed by atoms with Gasteiger partial charge in [0.25, 0.3) is 10.2 Å². The maximum absolute atomic E-state index is 13.0. The van der Waals surface area contributed by atoms with E-state index in [2.05, 4.69) is 5.32 Å². The van der Waals surface area contributed by atoms with Gasteiger partial charge in [0.1, 0.15) is 11.5 Å². The summed E-state index contributed by atoms with van der Waals surface area (Å²) in [5.41, 5.74) is 1.14. The minimum absolute atomic E-state index is 0.208. The smallest absolute Gasteiger partial charge is 0.282 e. The molecule has 0 aromatic heterocycles. The molecule has 0 bridgehead atoms. The third kappa shape index (κ3) is 5.61. The Morgan fingerprint density at radius 1 is 1.03 bits per heavy atom. The van der Waals surface area contributed by atoms with Crippen molar-refractivity contribution in [3.63, 3.8) is 0 Å². The van der Waals surface area contributed by atoms with Crippen molar-refractivity contribution in [3.8, 4) is 11.5 Å². The van der Waals surface area contributed by atoms with Gasteiger partial charge in [0.05, 0.1) is 31.5 Å². The molecule has 1 saturated heterocycles. The number of ether oxygens (including phenoxy) is 2. The number of amides is 1. The van der Waals surface area contributed by atoms with Crippen molar-refractivity contribution in [3.05, 3.63) is 52.0 Å². The summed E-state index contributed by atoms with van der Waals surface area (Å²) in [6, 6.07) is 10.0. The molecule has 168 valence electrons. The van der Waals surface area contributed by atoms with Gasteiger partial charge in [0, 0.05) is 30.7 Å². The van der Waals surface area contributed by atoms with Crippen LogP contribution >= 0.6 is 23.2 Å². The van der Waals surface area contributed by atoms with E-state index in [1.165, 1.54) is 28.9 Å². The van der Waals surface area contributed by atoms with E-state index in [1.807, 2.05) is 0 Å². The normalized spacial score (nSPS) is 16.6. The highest BCUT2D eigenvalue weighted by atomic mass is 35.5. The Balaban J connectivity index is 1.71. The van der Waals surface area contributed by atoms with E-state index in [9.17, 15) is 13.2 Å². The van der Waals surface area contributed by atoms with Crippen LogP contribution in [0.5, 0.6) is 11.5 Å². The molecule has 1 aliphatic rings. The van der Waals surface area contributed by atoms with Crippen LogP contribution in [0.15, 0.2) is 36.4 Å². The summed E-state index contributed by atoms with van der Waals surface area (Å²) in [4.78, 5) is 12.6. The van der Waals surface area contributed by atoms with Crippen molar-refractivity contribution in [1.82, 2.24) is 8.61 Å². The number of hydrogen-bond donors (Lipinski definition) is 1. The van der Waals surface area contributed by atoms with Crippen molar-refractivity contribution >= 4 is 45.0 Å². The number of methoxy groups -OCH3 is 2. The molecule has 1 heterocycles. The van der Waals surface area contributed by atoms with Gasteiger partial charge in [-0.15, -0.1) is 0 Å². The summed E-state index contributed by atoms with van der Waals surface area (Å²) < 4.78 is 39.0. The van der Waals surface area contributed by atoms with E-state index >= 15 is 0 Å². The minimum Gasteiger partial charge on any atom is -0.495 e. The lowest BCUT2D eigenvalue weighted by Gasteiger charge is -2.34. The average Bonchev–Trinajstić information content (AvgIpc) is 2.73. The molecule has 11 heteroatoms. The summed E-state index contributed by atoms with van der Waals surface area (Å²) in [7, 11) is -0.884. The molecule has 31 heavy (non-hydrogen) atoms. The molecular weight excluding hydrogens is 465 g/mol. The number of hydrogen-bond acceptors (Lipinski definition) is 5. The molecule has 2 aromatic rings. The molecule has 1 aliphatic heterocycles. The number of anilines is 1. The molecular formula is C20H23Cl2N3O5S. The first-order valence-corrected chi connectivity index (χ1v) is 11.6. The molecule has 1 amide bonds. The van der Waals surface area contributed by atoms with Crippen LogP contribution < -0.4 is 14.8 Å². The fraction of sp³-hybridized carbons (Fsp3) is 0.350. The van der Waals surface area contributed by atoms with Gasteiger partial charge in [-0.1, -0.05) is 35.3 Å². The van der Waals surface area contributed by atoms with E-state index < -0.39 is 16.1 Å². The lowest BCUT2D eigenvalue weighted by atomic mass is 10.2. The highest BCUT2D eigenvalue weighted by Gasteiger charge is 2.34. The number of rotatable bonds is 7. The lowest BCUT2D eigenvalue weighted by molar-refractivity contribution is -0.116. The van der Waals surface area contributed by atoms with E-state index in [-0.39, 0.29) is 19.6 Å². The van der Waals surface area contributed by atoms with E-state index in [1.54, 1.807) is 30.3 Å². The Hall–Kier alpha value is -2.04. The highest BCUT2D eigenvalue weighted by molar-refractivity contribution is 7.86. The molecule has 0 radical (unpaired) electrons. The van der Waals surface area contributed by atoms with Crippen molar-refractivity contribution in [2.45, 2.75) is 13.0 Å². The number of nitrogens with one attached hydrogen (secondary N) is 1. The SMILES string of the molecule is COc1cc(OC)c(NC(=O)CN2CCCN(Cc3ccc(Cl)cc3)S2(=O)=O)cc1Cl. The van der Waals surface area contributed by atoms with E-state index in [4.69, 9.17) is 32.7 Å². The standard InChI is InChI=1S/C20H23Cl2N3O5S/c1-29-18-11-19(30-2)17(10-16(18)22)23-20(26)13-25-9-3-8-24(31(25,27)28)12-14-4-6-15(21)7-5-14/h4-7,10-11H,3,8-9,12-13H2,1-2H3,(H,23,26). The second-order valence-electron chi connectivity index (χ2n) is 6.89. The summed E-state index contributed by atoms with van der Waals surface area (Å²) in [6.45, 7) is 0.518. The minimum atomic E-state index is -3.80. The van der Waals surface area contributed by atoms with Gasteiger partial charge in [-0.3, -0.25) is 4.79 Å². The summed E-state index contributed by atoms with van der Waals surface area (Å²) in [6.07, 6.45) is 0.609. The zero-order chi connectivity index (χ0) is 22.6. The maximum Gasteiger partial charge on any atom is 0.282 e. The Morgan fingerprint density at radius 3 is 2.32 bits per heavy atom. The first-order chi connectivity index (χ1) is 14.7. The number of carbonyl (C=O) groups excluding carboxylic acids is 1. The molecule has 8 nitrogen and oxygen atoms in total. The first kappa shape index (κ1) is 23.6. The quantitative estimate of drug-likeness (QED) is 0.646. The van der Waals surface area contributed by atoms with Crippen LogP contribution in [0, 0.1) is 0 Å². The zero-order valence-corrected chi connectivity index (χ0v) is 19.4. The summed E-state index contributed by atoms with van der Waals surface area (Å²) in [5.74, 6) is 0.241. The van der Waals surface area contributed by atoms with Gasteiger partial charge in [0.15, 0.2) is 0 Å². The van der Waals surface area contributed by atoms with Crippen LogP contribution in [0.25, 0.3) is 0 Å². The number of halogens is 2. The average molecular weight is 488 g/mol. The van der Waals surface area contributed by atoms with E-state index in [0.717, 1.165) is 5.56 Å². The largest absolute Gasteiger partial charge is 0.495 e. The molecule has 3 rings (SSSR count). The molecule has 0 spiro atoms. The zero-order valence-electron chi connectivity index (χ0n) is 17.1. The number of carbonyl (C=O) groups is 1. The van der Waals surface area contributed by atoms with Gasteiger partial charge in [-0.05, 0) is 30.2 Å². The molecule has 1 N–H and O–H groups in total. The fourth-order valence-electron chi connectivity index (χ4n) is 3.24. The van der Waals surface area contributed by atoms with Gasteiger partial charge < -0.3 is 14.8 Å². The lowest BCUT2D eigenvalue weighted by Crippen LogP contribution is -2.51. The van der Waals surface area contributed by atoms with E-state index in [0.29, 0.717) is 40.2 Å². The third-order valence-corrected chi connectivity index (χ3v) is 7.28. The second-order valence-corrected chi connectivity index (χ2v) is 9.66. The van der Waals surface area contributed by atoms with Crippen LogP contribution in [0.2, 0.25) is 10.0 Å². The molecule has 2 aromatic carbocycles. The van der Waals surface area contributed by atoms with Crippen molar-refractivity contribution in [2.75, 3.05) is 39.2 Å². The topological polar surface area (TPSA) is 88.2 Å².